The van der Waals surface area contributed by atoms with Crippen molar-refractivity contribution in [3.63, 3.8) is 0 Å². The van der Waals surface area contributed by atoms with Gasteiger partial charge in [-0.1, -0.05) is 43.7 Å². The first-order valence-corrected chi connectivity index (χ1v) is 9.64. The van der Waals surface area contributed by atoms with Gasteiger partial charge in [0.1, 0.15) is 12.4 Å². The quantitative estimate of drug-likeness (QED) is 0.259. The van der Waals surface area contributed by atoms with Gasteiger partial charge in [0.25, 0.3) is 5.90 Å². The summed E-state index contributed by atoms with van der Waals surface area (Å²) in [6.45, 7) is 2.54. The number of methoxy groups -OCH3 is 1. The molecule has 0 aliphatic carbocycles. The van der Waals surface area contributed by atoms with Crippen LogP contribution >= 0.6 is 0 Å². The first-order chi connectivity index (χ1) is 14.4. The van der Waals surface area contributed by atoms with Crippen molar-refractivity contribution in [2.24, 2.45) is 4.99 Å². The van der Waals surface area contributed by atoms with Crippen LogP contribution in [-0.2, 0) is 16.1 Å². The van der Waals surface area contributed by atoms with Gasteiger partial charge < -0.3 is 14.2 Å². The number of alkyl halides is 3. The molecule has 0 spiro atoms. The highest BCUT2D eigenvalue weighted by Crippen LogP contribution is 2.24. The van der Waals surface area contributed by atoms with E-state index in [1.54, 1.807) is 6.08 Å². The lowest BCUT2D eigenvalue weighted by atomic mass is 10.1. The molecule has 0 aliphatic rings. The summed E-state index contributed by atoms with van der Waals surface area (Å²) in [5.41, 5.74) is 2.06. The van der Waals surface area contributed by atoms with Gasteiger partial charge in [-0.05, 0) is 47.9 Å². The van der Waals surface area contributed by atoms with Crippen LogP contribution in [0.2, 0.25) is 0 Å². The second-order valence-corrected chi connectivity index (χ2v) is 6.51. The normalized spacial score (nSPS) is 12.7. The summed E-state index contributed by atoms with van der Waals surface area (Å²) in [5.74, 6) is -0.754. The van der Waals surface area contributed by atoms with E-state index in [0.29, 0.717) is 19.0 Å². The lowest BCUT2D eigenvalue weighted by Crippen LogP contribution is -2.26. The summed E-state index contributed by atoms with van der Waals surface area (Å²) >= 11 is 0. The van der Waals surface area contributed by atoms with Gasteiger partial charge in [-0.2, -0.15) is 13.2 Å². The third-order valence-electron chi connectivity index (χ3n) is 4.11. The predicted octanol–water partition coefficient (Wildman–Crippen LogP) is 6.25. The van der Waals surface area contributed by atoms with Gasteiger partial charge in [-0.25, -0.2) is 4.99 Å². The smallest absolute Gasteiger partial charge is 0.468 e. The lowest BCUT2D eigenvalue weighted by Gasteiger charge is -2.12. The zero-order chi connectivity index (χ0) is 21.8. The Balaban J connectivity index is 1.98. The minimum Gasteiger partial charge on any atom is -0.497 e. The van der Waals surface area contributed by atoms with E-state index in [9.17, 15) is 13.2 Å². The SMILES string of the molecule is CCC/C(=C/COC(=Nc1ccc(OC)cc1)C(F)(F)F)COCc1ccccc1. The average molecular weight is 421 g/mol. The lowest BCUT2D eigenvalue weighted by molar-refractivity contribution is -0.0770. The second-order valence-electron chi connectivity index (χ2n) is 6.51. The third-order valence-corrected chi connectivity index (χ3v) is 4.11. The van der Waals surface area contributed by atoms with Crippen LogP contribution in [0.1, 0.15) is 25.3 Å². The van der Waals surface area contributed by atoms with Gasteiger partial charge in [0.2, 0.25) is 0 Å². The molecular weight excluding hydrogens is 395 g/mol. The first kappa shape index (κ1) is 23.5. The van der Waals surface area contributed by atoms with E-state index in [-0.39, 0.29) is 12.3 Å². The Morgan fingerprint density at radius 2 is 1.73 bits per heavy atom. The van der Waals surface area contributed by atoms with Crippen LogP contribution in [0.15, 0.2) is 71.2 Å². The van der Waals surface area contributed by atoms with Crippen molar-refractivity contribution in [1.29, 1.82) is 0 Å². The Morgan fingerprint density at radius 1 is 1.03 bits per heavy atom. The van der Waals surface area contributed by atoms with Gasteiger partial charge in [0.05, 0.1) is 26.0 Å². The molecule has 0 aliphatic heterocycles. The first-order valence-electron chi connectivity index (χ1n) is 9.64. The molecule has 0 fully saturated rings. The van der Waals surface area contributed by atoms with Crippen LogP contribution in [0.5, 0.6) is 5.75 Å². The van der Waals surface area contributed by atoms with Gasteiger partial charge >= 0.3 is 6.18 Å². The molecule has 30 heavy (non-hydrogen) atoms. The Kier molecular flexibility index (Phi) is 9.41. The minimum absolute atomic E-state index is 0.132. The van der Waals surface area contributed by atoms with Crippen molar-refractivity contribution in [3.05, 3.63) is 71.8 Å². The number of halogens is 3. The van der Waals surface area contributed by atoms with Crippen LogP contribution in [0.25, 0.3) is 0 Å². The van der Waals surface area contributed by atoms with Crippen molar-refractivity contribution in [3.8, 4) is 5.75 Å². The number of nitrogens with zero attached hydrogens (tertiary/aromatic N) is 1. The molecule has 0 N–H and O–H groups in total. The van der Waals surface area contributed by atoms with Crippen molar-refractivity contribution >= 4 is 11.6 Å². The van der Waals surface area contributed by atoms with E-state index >= 15 is 0 Å². The molecule has 0 heterocycles. The van der Waals surface area contributed by atoms with E-state index in [1.165, 1.54) is 31.4 Å². The number of benzene rings is 2. The zero-order valence-electron chi connectivity index (χ0n) is 17.1. The Hall–Kier alpha value is -2.80. The molecule has 0 bridgehead atoms. The van der Waals surface area contributed by atoms with Crippen LogP contribution < -0.4 is 4.74 Å². The van der Waals surface area contributed by atoms with Gasteiger partial charge in [-0.3, -0.25) is 0 Å². The minimum atomic E-state index is -4.69. The molecule has 2 aromatic carbocycles. The molecule has 4 nitrogen and oxygen atoms in total. The summed E-state index contributed by atoms with van der Waals surface area (Å²) in [7, 11) is 1.48. The maximum Gasteiger partial charge on any atom is 0.468 e. The zero-order valence-corrected chi connectivity index (χ0v) is 17.1. The highest BCUT2D eigenvalue weighted by atomic mass is 19.4. The fourth-order valence-electron chi connectivity index (χ4n) is 2.62. The topological polar surface area (TPSA) is 40.0 Å². The molecule has 2 rings (SSSR count). The average Bonchev–Trinajstić information content (AvgIpc) is 2.73. The summed E-state index contributed by atoms with van der Waals surface area (Å²) in [4.78, 5) is 3.60. The fourth-order valence-corrected chi connectivity index (χ4v) is 2.62. The Bertz CT molecular complexity index is 816. The van der Waals surface area contributed by atoms with Crippen molar-refractivity contribution < 1.29 is 27.4 Å². The molecule has 2 aromatic rings. The highest BCUT2D eigenvalue weighted by Gasteiger charge is 2.38. The molecule has 0 atom stereocenters. The van der Waals surface area contributed by atoms with Crippen molar-refractivity contribution in [2.75, 3.05) is 20.3 Å². The highest BCUT2D eigenvalue weighted by molar-refractivity contribution is 5.84. The van der Waals surface area contributed by atoms with Gasteiger partial charge in [0, 0.05) is 0 Å². The maximum atomic E-state index is 13.3. The molecular formula is C23H26F3NO3. The summed E-state index contributed by atoms with van der Waals surface area (Å²) in [6, 6.07) is 15.6. The second kappa shape index (κ2) is 12.0. The molecule has 0 saturated carbocycles. The number of hydrogen-bond donors (Lipinski definition) is 0. The molecule has 162 valence electrons. The largest absolute Gasteiger partial charge is 0.497 e. The predicted molar refractivity (Wildman–Crippen MR) is 111 cm³/mol. The monoisotopic (exact) mass is 421 g/mol. The van der Waals surface area contributed by atoms with E-state index in [0.717, 1.165) is 24.0 Å². The molecule has 0 aromatic heterocycles. The summed E-state index contributed by atoms with van der Waals surface area (Å²) in [5, 5.41) is 0. The van der Waals surface area contributed by atoms with Crippen molar-refractivity contribution in [1.82, 2.24) is 0 Å². The van der Waals surface area contributed by atoms with Crippen molar-refractivity contribution in [2.45, 2.75) is 32.5 Å². The standard InChI is InChI=1S/C23H26F3NO3/c1-3-7-18(16-29-17-19-8-5-4-6-9-19)14-15-30-22(23(24,25)26)27-20-10-12-21(28-2)13-11-20/h4-6,8-14H,3,7,15-17H2,1-2H3/b18-14-,27-22?. The summed E-state index contributed by atoms with van der Waals surface area (Å²) in [6.07, 6.45) is -1.49. The molecule has 0 radical (unpaired) electrons. The number of rotatable bonds is 10. The van der Waals surface area contributed by atoms with Gasteiger partial charge in [0.15, 0.2) is 0 Å². The van der Waals surface area contributed by atoms with E-state index in [1.807, 2.05) is 37.3 Å². The van der Waals surface area contributed by atoms with Crippen LogP contribution in [0, 0.1) is 0 Å². The summed E-state index contributed by atoms with van der Waals surface area (Å²) < 4.78 is 55.5. The third kappa shape index (κ3) is 8.29. The van der Waals surface area contributed by atoms with Crippen LogP contribution in [-0.4, -0.2) is 32.4 Å². The van der Waals surface area contributed by atoms with E-state index in [2.05, 4.69) is 4.99 Å². The molecule has 0 saturated heterocycles. The Morgan fingerprint density at radius 3 is 2.33 bits per heavy atom. The van der Waals surface area contributed by atoms with E-state index < -0.39 is 12.1 Å². The number of ether oxygens (including phenoxy) is 3. The van der Waals surface area contributed by atoms with Crippen LogP contribution in [0.4, 0.5) is 18.9 Å². The van der Waals surface area contributed by atoms with Gasteiger partial charge in [-0.15, -0.1) is 0 Å². The number of hydrogen-bond acceptors (Lipinski definition) is 4. The number of aliphatic imine (C=N–C) groups is 1. The molecule has 7 heteroatoms. The van der Waals surface area contributed by atoms with E-state index in [4.69, 9.17) is 14.2 Å². The molecule has 0 unspecified atom stereocenters. The Labute approximate surface area is 175 Å². The maximum absolute atomic E-state index is 13.3. The fraction of sp³-hybridized carbons (Fsp3) is 0.348. The molecule has 0 amide bonds. The van der Waals surface area contributed by atoms with Crippen LogP contribution in [0.3, 0.4) is 0 Å².